The molecular formula is C20H31N3O3. The fourth-order valence-corrected chi connectivity index (χ4v) is 3.14. The Balaban J connectivity index is 2.21. The lowest BCUT2D eigenvalue weighted by Gasteiger charge is -2.33. The first-order valence-electron chi connectivity index (χ1n) is 9.39. The molecule has 0 aromatic carbocycles. The standard InChI is InChI=1S/C20H31N3O3/c1-15(2)13-23(19(25)26-20(3,4)5)18-10-9-16(12-21-18)17-8-6-7-11-22(17)14-24/h9-10,12,14-15,17H,6-8,11,13H2,1-5H3/t17-/m1/s1. The first-order chi connectivity index (χ1) is 12.2. The number of pyridine rings is 1. The predicted molar refractivity (Wildman–Crippen MR) is 102 cm³/mol. The molecule has 0 bridgehead atoms. The van der Waals surface area contributed by atoms with Gasteiger partial charge in [-0.25, -0.2) is 9.78 Å². The molecule has 1 aromatic heterocycles. The predicted octanol–water partition coefficient (Wildman–Crippen LogP) is 4.16. The lowest BCUT2D eigenvalue weighted by molar-refractivity contribution is -0.121. The Morgan fingerprint density at radius 3 is 2.65 bits per heavy atom. The first kappa shape index (κ1) is 20.2. The SMILES string of the molecule is CC(C)CN(C(=O)OC(C)(C)C)c1ccc([C@H]2CCCCN2C=O)cn1. The van der Waals surface area contributed by atoms with E-state index in [0.717, 1.165) is 37.8 Å². The Morgan fingerprint density at radius 2 is 2.12 bits per heavy atom. The van der Waals surface area contributed by atoms with Crippen LogP contribution in [0.2, 0.25) is 0 Å². The van der Waals surface area contributed by atoms with Crippen molar-refractivity contribution < 1.29 is 14.3 Å². The minimum absolute atomic E-state index is 0.0721. The van der Waals surface area contributed by atoms with Crippen LogP contribution >= 0.6 is 0 Å². The van der Waals surface area contributed by atoms with E-state index in [1.807, 2.05) is 37.8 Å². The largest absolute Gasteiger partial charge is 0.443 e. The number of rotatable bonds is 5. The Morgan fingerprint density at radius 1 is 1.38 bits per heavy atom. The van der Waals surface area contributed by atoms with Gasteiger partial charge in [-0.1, -0.05) is 19.9 Å². The summed E-state index contributed by atoms with van der Waals surface area (Å²) in [4.78, 5) is 31.8. The van der Waals surface area contributed by atoms with Crippen molar-refractivity contribution in [1.29, 1.82) is 0 Å². The number of carbonyl (C=O) groups is 2. The third-order valence-corrected chi connectivity index (χ3v) is 4.27. The Hall–Kier alpha value is -2.11. The highest BCUT2D eigenvalue weighted by atomic mass is 16.6. The lowest BCUT2D eigenvalue weighted by Crippen LogP contribution is -2.39. The molecule has 0 spiro atoms. The molecule has 0 unspecified atom stereocenters. The number of hydrogen-bond donors (Lipinski definition) is 0. The summed E-state index contributed by atoms with van der Waals surface area (Å²) in [6.07, 6.45) is 5.40. The second-order valence-electron chi connectivity index (χ2n) is 8.29. The first-order valence-corrected chi connectivity index (χ1v) is 9.39. The molecule has 6 nitrogen and oxygen atoms in total. The normalized spacial score (nSPS) is 17.9. The Labute approximate surface area is 156 Å². The van der Waals surface area contributed by atoms with Crippen LogP contribution in [-0.4, -0.2) is 41.1 Å². The molecule has 0 aliphatic carbocycles. The van der Waals surface area contributed by atoms with Gasteiger partial charge in [-0.15, -0.1) is 0 Å². The van der Waals surface area contributed by atoms with Gasteiger partial charge < -0.3 is 9.64 Å². The fourth-order valence-electron chi connectivity index (χ4n) is 3.14. The third-order valence-electron chi connectivity index (χ3n) is 4.27. The molecule has 1 atom stereocenters. The molecule has 0 saturated carbocycles. The molecule has 1 fully saturated rings. The maximum atomic E-state index is 12.6. The number of piperidine rings is 1. The van der Waals surface area contributed by atoms with E-state index in [1.54, 1.807) is 11.1 Å². The number of amides is 2. The van der Waals surface area contributed by atoms with Gasteiger partial charge in [0.05, 0.1) is 6.04 Å². The lowest BCUT2D eigenvalue weighted by atomic mass is 9.97. The topological polar surface area (TPSA) is 62.7 Å². The number of hydrogen-bond acceptors (Lipinski definition) is 4. The number of aromatic nitrogens is 1. The smallest absolute Gasteiger partial charge is 0.416 e. The number of nitrogens with zero attached hydrogens (tertiary/aromatic N) is 3. The molecule has 144 valence electrons. The van der Waals surface area contributed by atoms with Crippen molar-refractivity contribution in [2.45, 2.75) is 65.5 Å². The molecule has 1 aliphatic rings. The summed E-state index contributed by atoms with van der Waals surface area (Å²) in [5.41, 5.74) is 0.452. The number of carbonyl (C=O) groups excluding carboxylic acids is 2. The number of ether oxygens (including phenoxy) is 1. The zero-order chi connectivity index (χ0) is 19.3. The Kier molecular flexibility index (Phi) is 6.62. The van der Waals surface area contributed by atoms with Crippen molar-refractivity contribution >= 4 is 18.3 Å². The van der Waals surface area contributed by atoms with E-state index in [4.69, 9.17) is 4.74 Å². The van der Waals surface area contributed by atoms with Crippen molar-refractivity contribution in [3.05, 3.63) is 23.9 Å². The highest BCUT2D eigenvalue weighted by Gasteiger charge is 2.26. The average molecular weight is 361 g/mol. The highest BCUT2D eigenvalue weighted by Crippen LogP contribution is 2.30. The minimum atomic E-state index is -0.557. The maximum absolute atomic E-state index is 12.6. The monoisotopic (exact) mass is 361 g/mol. The third kappa shape index (κ3) is 5.44. The maximum Gasteiger partial charge on any atom is 0.416 e. The molecule has 0 radical (unpaired) electrons. The van der Waals surface area contributed by atoms with Crippen molar-refractivity contribution in [2.75, 3.05) is 18.0 Å². The number of likely N-dealkylation sites (tertiary alicyclic amines) is 1. The van der Waals surface area contributed by atoms with Crippen LogP contribution in [0.3, 0.4) is 0 Å². The second-order valence-corrected chi connectivity index (χ2v) is 8.29. The van der Waals surface area contributed by atoms with Gasteiger partial charge in [0.25, 0.3) is 0 Å². The van der Waals surface area contributed by atoms with Crippen LogP contribution in [0.5, 0.6) is 0 Å². The summed E-state index contributed by atoms with van der Waals surface area (Å²) in [5.74, 6) is 0.859. The summed E-state index contributed by atoms with van der Waals surface area (Å²) < 4.78 is 5.53. The molecule has 2 amide bonds. The zero-order valence-electron chi connectivity index (χ0n) is 16.6. The number of anilines is 1. The van der Waals surface area contributed by atoms with Crippen LogP contribution in [0, 0.1) is 5.92 Å². The van der Waals surface area contributed by atoms with Gasteiger partial charge in [0.2, 0.25) is 6.41 Å². The molecule has 0 N–H and O–H groups in total. The second kappa shape index (κ2) is 8.52. The van der Waals surface area contributed by atoms with E-state index in [2.05, 4.69) is 18.8 Å². The van der Waals surface area contributed by atoms with E-state index in [9.17, 15) is 9.59 Å². The zero-order valence-corrected chi connectivity index (χ0v) is 16.6. The van der Waals surface area contributed by atoms with E-state index in [1.165, 1.54) is 0 Å². The van der Waals surface area contributed by atoms with Crippen molar-refractivity contribution in [3.8, 4) is 0 Å². The molecule has 1 aliphatic heterocycles. The van der Waals surface area contributed by atoms with Gasteiger partial charge in [-0.2, -0.15) is 0 Å². The summed E-state index contributed by atoms with van der Waals surface area (Å²) in [7, 11) is 0. The van der Waals surface area contributed by atoms with E-state index in [0.29, 0.717) is 12.4 Å². The van der Waals surface area contributed by atoms with Gasteiger partial charge >= 0.3 is 6.09 Å². The van der Waals surface area contributed by atoms with Crippen molar-refractivity contribution in [3.63, 3.8) is 0 Å². The minimum Gasteiger partial charge on any atom is -0.443 e. The van der Waals surface area contributed by atoms with Crippen LogP contribution in [0.1, 0.15) is 65.5 Å². The van der Waals surface area contributed by atoms with Crippen LogP contribution in [0.4, 0.5) is 10.6 Å². The molecule has 26 heavy (non-hydrogen) atoms. The molecule has 1 aromatic rings. The van der Waals surface area contributed by atoms with Gasteiger partial charge in [-0.3, -0.25) is 9.69 Å². The van der Waals surface area contributed by atoms with Gasteiger partial charge in [0, 0.05) is 19.3 Å². The molecule has 2 rings (SSSR count). The van der Waals surface area contributed by atoms with Gasteiger partial charge in [0.1, 0.15) is 11.4 Å². The summed E-state index contributed by atoms with van der Waals surface area (Å²) in [6, 6.07) is 3.88. The van der Waals surface area contributed by atoms with Crippen LogP contribution in [0.25, 0.3) is 0 Å². The summed E-state index contributed by atoms with van der Waals surface area (Å²) in [6.45, 7) is 11.0. The van der Waals surface area contributed by atoms with Crippen molar-refractivity contribution in [2.24, 2.45) is 5.92 Å². The Bertz CT molecular complexity index is 608. The van der Waals surface area contributed by atoms with E-state index >= 15 is 0 Å². The molecular weight excluding hydrogens is 330 g/mol. The van der Waals surface area contributed by atoms with Gasteiger partial charge in [-0.05, 0) is 57.6 Å². The quantitative estimate of drug-likeness (QED) is 0.739. The fraction of sp³-hybridized carbons (Fsp3) is 0.650. The molecule has 2 heterocycles. The van der Waals surface area contributed by atoms with Crippen LogP contribution < -0.4 is 4.90 Å². The highest BCUT2D eigenvalue weighted by molar-refractivity contribution is 5.86. The molecule has 1 saturated heterocycles. The van der Waals surface area contributed by atoms with Gasteiger partial charge in [0.15, 0.2) is 0 Å². The average Bonchev–Trinajstić information content (AvgIpc) is 2.58. The van der Waals surface area contributed by atoms with E-state index < -0.39 is 11.7 Å². The van der Waals surface area contributed by atoms with Crippen LogP contribution in [-0.2, 0) is 9.53 Å². The molecule has 6 heteroatoms. The van der Waals surface area contributed by atoms with Crippen LogP contribution in [0.15, 0.2) is 18.3 Å². The van der Waals surface area contributed by atoms with Crippen molar-refractivity contribution in [1.82, 2.24) is 9.88 Å². The summed E-state index contributed by atoms with van der Waals surface area (Å²) >= 11 is 0. The summed E-state index contributed by atoms with van der Waals surface area (Å²) in [5, 5.41) is 0. The van der Waals surface area contributed by atoms with E-state index in [-0.39, 0.29) is 12.0 Å².